The van der Waals surface area contributed by atoms with Gasteiger partial charge in [-0.15, -0.1) is 0 Å². The fourth-order valence-electron chi connectivity index (χ4n) is 2.80. The molecule has 1 aromatic carbocycles. The Kier molecular flexibility index (Phi) is 6.51. The van der Waals surface area contributed by atoms with Crippen LogP contribution in [0.15, 0.2) is 23.7 Å². The van der Waals surface area contributed by atoms with Crippen molar-refractivity contribution >= 4 is 19.3 Å². The van der Waals surface area contributed by atoms with Crippen LogP contribution < -0.4 is 5.32 Å². The maximum Gasteiger partial charge on any atom is 0.492 e. The van der Waals surface area contributed by atoms with Crippen LogP contribution in [0.4, 0.5) is 4.79 Å². The second-order valence-electron chi connectivity index (χ2n) is 9.35. The Morgan fingerprint density at radius 3 is 2.31 bits per heavy atom. The number of amides is 1. The number of nitriles is 1. The standard InChI is InChI=1S/C22H31BN2O4/c1-15-11-16(9-10-17(15)13-24)12-18(14-25-19(26)27-20(2,3)4)23-28-21(5,6)22(7,8)29-23/h9-12H,14H2,1-8H3,(H,25,26). The molecule has 7 heteroatoms. The van der Waals surface area contributed by atoms with Gasteiger partial charge in [-0.05, 0) is 78.1 Å². The number of benzene rings is 1. The van der Waals surface area contributed by atoms with Gasteiger partial charge in [0.15, 0.2) is 0 Å². The number of ether oxygens (including phenoxy) is 1. The lowest BCUT2D eigenvalue weighted by atomic mass is 9.77. The van der Waals surface area contributed by atoms with Crippen molar-refractivity contribution < 1.29 is 18.8 Å². The number of hydrogen-bond acceptors (Lipinski definition) is 5. The summed E-state index contributed by atoms with van der Waals surface area (Å²) in [4.78, 5) is 12.1. The summed E-state index contributed by atoms with van der Waals surface area (Å²) in [5.74, 6) is 0. The lowest BCUT2D eigenvalue weighted by molar-refractivity contribution is 0.00578. The van der Waals surface area contributed by atoms with E-state index in [2.05, 4.69) is 11.4 Å². The molecule has 0 aromatic heterocycles. The summed E-state index contributed by atoms with van der Waals surface area (Å²) in [6, 6.07) is 7.75. The average Bonchev–Trinajstić information content (AvgIpc) is 2.77. The molecule has 1 aliphatic rings. The lowest BCUT2D eigenvalue weighted by Gasteiger charge is -2.32. The molecule has 0 aliphatic carbocycles. The van der Waals surface area contributed by atoms with Crippen molar-refractivity contribution in [2.75, 3.05) is 6.54 Å². The molecule has 156 valence electrons. The molecule has 0 saturated carbocycles. The molecule has 0 bridgehead atoms. The predicted octanol–water partition coefficient (Wildman–Crippen LogP) is 4.41. The molecule has 0 radical (unpaired) electrons. The highest BCUT2D eigenvalue weighted by Crippen LogP contribution is 2.38. The zero-order valence-corrected chi connectivity index (χ0v) is 18.7. The van der Waals surface area contributed by atoms with Crippen LogP contribution in [0.25, 0.3) is 6.08 Å². The second kappa shape index (κ2) is 8.21. The fraction of sp³-hybridized carbons (Fsp3) is 0.545. The molecule has 0 atom stereocenters. The highest BCUT2D eigenvalue weighted by molar-refractivity contribution is 6.56. The van der Waals surface area contributed by atoms with Crippen molar-refractivity contribution in [1.29, 1.82) is 5.26 Å². The quantitative estimate of drug-likeness (QED) is 0.760. The predicted molar refractivity (Wildman–Crippen MR) is 114 cm³/mol. The third-order valence-corrected chi connectivity index (χ3v) is 5.11. The summed E-state index contributed by atoms with van der Waals surface area (Å²) in [5.41, 5.74) is 1.60. The number of nitrogens with one attached hydrogen (secondary N) is 1. The van der Waals surface area contributed by atoms with Gasteiger partial charge in [0.1, 0.15) is 5.60 Å². The van der Waals surface area contributed by atoms with Crippen LogP contribution in [0.3, 0.4) is 0 Å². The largest absolute Gasteiger partial charge is 0.492 e. The van der Waals surface area contributed by atoms with Crippen LogP contribution in [0, 0.1) is 18.3 Å². The number of rotatable bonds is 4. The lowest BCUT2D eigenvalue weighted by Crippen LogP contribution is -2.41. The SMILES string of the molecule is Cc1cc(C=C(CNC(=O)OC(C)(C)C)B2OC(C)(C)C(C)(C)O2)ccc1C#N. The van der Waals surface area contributed by atoms with Crippen LogP contribution in [0.2, 0.25) is 0 Å². The monoisotopic (exact) mass is 398 g/mol. The Bertz CT molecular complexity index is 831. The van der Waals surface area contributed by atoms with E-state index in [-0.39, 0.29) is 6.54 Å². The van der Waals surface area contributed by atoms with Gasteiger partial charge >= 0.3 is 13.2 Å². The molecule has 2 rings (SSSR count). The molecule has 6 nitrogen and oxygen atoms in total. The first-order valence-corrected chi connectivity index (χ1v) is 9.78. The number of carbonyl (C=O) groups excluding carboxylic acids is 1. The minimum absolute atomic E-state index is 0.213. The van der Waals surface area contributed by atoms with Crippen LogP contribution >= 0.6 is 0 Å². The molecular weight excluding hydrogens is 367 g/mol. The Labute approximate surface area is 174 Å². The fourth-order valence-corrected chi connectivity index (χ4v) is 2.80. The number of aryl methyl sites for hydroxylation is 1. The molecule has 1 saturated heterocycles. The molecular formula is C22H31BN2O4. The van der Waals surface area contributed by atoms with Crippen LogP contribution in [0.1, 0.15) is 65.2 Å². The van der Waals surface area contributed by atoms with Crippen molar-refractivity contribution in [3.63, 3.8) is 0 Å². The van der Waals surface area contributed by atoms with Crippen LogP contribution in [-0.4, -0.2) is 36.6 Å². The van der Waals surface area contributed by atoms with Crippen molar-refractivity contribution in [2.24, 2.45) is 0 Å². The summed E-state index contributed by atoms with van der Waals surface area (Å²) in [7, 11) is -0.606. The smallest absolute Gasteiger partial charge is 0.444 e. The second-order valence-corrected chi connectivity index (χ2v) is 9.35. The Balaban J connectivity index is 2.30. The van der Waals surface area contributed by atoms with E-state index < -0.39 is 30.0 Å². The number of alkyl carbamates (subject to hydrolysis) is 1. The molecule has 0 unspecified atom stereocenters. The minimum Gasteiger partial charge on any atom is -0.444 e. The van der Waals surface area contributed by atoms with Gasteiger partial charge in [-0.3, -0.25) is 0 Å². The first-order valence-electron chi connectivity index (χ1n) is 9.78. The van der Waals surface area contributed by atoms with Gasteiger partial charge in [-0.2, -0.15) is 5.26 Å². The molecule has 1 N–H and O–H groups in total. The molecule has 1 fully saturated rings. The number of nitrogens with zero attached hydrogens (tertiary/aromatic N) is 1. The third kappa shape index (κ3) is 5.85. The zero-order chi connectivity index (χ0) is 22.0. The summed E-state index contributed by atoms with van der Waals surface area (Å²) in [5, 5.41) is 11.9. The van der Waals surface area contributed by atoms with E-state index >= 15 is 0 Å². The Hall–Kier alpha value is -2.30. The van der Waals surface area contributed by atoms with Crippen molar-refractivity contribution in [2.45, 2.75) is 72.2 Å². The average molecular weight is 398 g/mol. The van der Waals surface area contributed by atoms with E-state index in [0.29, 0.717) is 5.56 Å². The van der Waals surface area contributed by atoms with E-state index in [0.717, 1.165) is 16.6 Å². The van der Waals surface area contributed by atoms with E-state index in [4.69, 9.17) is 19.3 Å². The summed E-state index contributed by atoms with van der Waals surface area (Å²) >= 11 is 0. The highest BCUT2D eigenvalue weighted by Gasteiger charge is 2.52. The van der Waals surface area contributed by atoms with Gasteiger partial charge in [0.25, 0.3) is 0 Å². The summed E-state index contributed by atoms with van der Waals surface area (Å²) in [6.45, 7) is 15.5. The van der Waals surface area contributed by atoms with E-state index in [1.54, 1.807) is 6.07 Å². The van der Waals surface area contributed by atoms with E-state index in [9.17, 15) is 4.79 Å². The van der Waals surface area contributed by atoms with Crippen LogP contribution in [0.5, 0.6) is 0 Å². The number of hydrogen-bond donors (Lipinski definition) is 1. The number of carbonyl (C=O) groups is 1. The maximum atomic E-state index is 12.1. The maximum absolute atomic E-state index is 12.1. The molecule has 1 amide bonds. The Morgan fingerprint density at radius 1 is 1.24 bits per heavy atom. The van der Waals surface area contributed by atoms with Gasteiger partial charge in [-0.25, -0.2) is 4.79 Å². The Morgan fingerprint density at radius 2 is 1.83 bits per heavy atom. The molecule has 1 heterocycles. The third-order valence-electron chi connectivity index (χ3n) is 5.11. The van der Waals surface area contributed by atoms with Gasteiger partial charge in [0, 0.05) is 6.54 Å². The molecule has 0 spiro atoms. The van der Waals surface area contributed by atoms with Crippen molar-refractivity contribution in [3.8, 4) is 6.07 Å². The van der Waals surface area contributed by atoms with Gasteiger partial charge < -0.3 is 19.4 Å². The van der Waals surface area contributed by atoms with E-state index in [1.807, 2.05) is 73.6 Å². The summed E-state index contributed by atoms with van der Waals surface area (Å²) in [6.07, 6.45) is 1.42. The normalized spacial score (nSPS) is 18.3. The van der Waals surface area contributed by atoms with Crippen molar-refractivity contribution in [1.82, 2.24) is 5.32 Å². The van der Waals surface area contributed by atoms with Crippen molar-refractivity contribution in [3.05, 3.63) is 40.4 Å². The molecule has 1 aliphatic heterocycles. The molecule has 29 heavy (non-hydrogen) atoms. The topological polar surface area (TPSA) is 80.6 Å². The highest BCUT2D eigenvalue weighted by atomic mass is 16.7. The van der Waals surface area contributed by atoms with E-state index in [1.165, 1.54) is 0 Å². The van der Waals surface area contributed by atoms with Gasteiger partial charge in [-0.1, -0.05) is 18.2 Å². The zero-order valence-electron chi connectivity index (χ0n) is 18.7. The first-order chi connectivity index (χ1) is 13.2. The minimum atomic E-state index is -0.606. The van der Waals surface area contributed by atoms with Gasteiger partial charge in [0.2, 0.25) is 0 Å². The molecule has 1 aromatic rings. The van der Waals surface area contributed by atoms with Gasteiger partial charge in [0.05, 0.1) is 22.8 Å². The first kappa shape index (κ1) is 23.0. The summed E-state index contributed by atoms with van der Waals surface area (Å²) < 4.78 is 17.7. The van der Waals surface area contributed by atoms with Crippen LogP contribution in [-0.2, 0) is 14.0 Å².